The number of hydrogen-bond acceptors (Lipinski definition) is 3. The third kappa shape index (κ3) is 3.03. The number of nitrogens with zero attached hydrogens (tertiary/aromatic N) is 1. The standard InChI is InChI=1S/C14H14BrN3O2S/c1-18-7-9(15)6-11(18)13(19)16-17-14(20)12-10(4-5-21-12)8-2-3-8/h4-8H,2-3H2,1H3,(H,16,19)(H,17,20). The molecule has 1 saturated carbocycles. The van der Waals surface area contributed by atoms with Crippen LogP contribution in [0.2, 0.25) is 0 Å². The van der Waals surface area contributed by atoms with Gasteiger partial charge in [0, 0.05) is 17.7 Å². The lowest BCUT2D eigenvalue weighted by Crippen LogP contribution is -2.42. The van der Waals surface area contributed by atoms with Gasteiger partial charge in [0.15, 0.2) is 0 Å². The van der Waals surface area contributed by atoms with Crippen LogP contribution in [0.25, 0.3) is 0 Å². The van der Waals surface area contributed by atoms with Gasteiger partial charge in [0.2, 0.25) is 0 Å². The Morgan fingerprint density at radius 2 is 2.05 bits per heavy atom. The third-order valence-corrected chi connectivity index (χ3v) is 4.78. The minimum atomic E-state index is -0.346. The molecule has 2 amide bonds. The topological polar surface area (TPSA) is 63.1 Å². The molecule has 0 radical (unpaired) electrons. The van der Waals surface area contributed by atoms with E-state index in [2.05, 4.69) is 26.8 Å². The molecule has 0 spiro atoms. The highest BCUT2D eigenvalue weighted by atomic mass is 79.9. The first-order chi connectivity index (χ1) is 10.1. The van der Waals surface area contributed by atoms with Crippen LogP contribution in [0.4, 0.5) is 0 Å². The molecular weight excluding hydrogens is 354 g/mol. The van der Waals surface area contributed by atoms with E-state index >= 15 is 0 Å². The van der Waals surface area contributed by atoms with Crippen molar-refractivity contribution in [2.75, 3.05) is 0 Å². The van der Waals surface area contributed by atoms with Gasteiger partial charge in [-0.05, 0) is 57.8 Å². The fraction of sp³-hybridized carbons (Fsp3) is 0.286. The smallest absolute Gasteiger partial charge is 0.286 e. The van der Waals surface area contributed by atoms with Crippen molar-refractivity contribution in [3.63, 3.8) is 0 Å². The van der Waals surface area contributed by atoms with Gasteiger partial charge in [-0.25, -0.2) is 0 Å². The number of rotatable bonds is 3. The molecule has 110 valence electrons. The zero-order valence-corrected chi connectivity index (χ0v) is 13.8. The number of thiophene rings is 1. The van der Waals surface area contributed by atoms with Crippen molar-refractivity contribution in [3.05, 3.63) is 44.3 Å². The molecule has 1 aliphatic rings. The molecule has 7 heteroatoms. The van der Waals surface area contributed by atoms with E-state index in [9.17, 15) is 9.59 Å². The van der Waals surface area contributed by atoms with Crippen LogP contribution in [0.3, 0.4) is 0 Å². The first-order valence-corrected chi connectivity index (χ1v) is 8.23. The quantitative estimate of drug-likeness (QED) is 0.819. The molecule has 2 heterocycles. The van der Waals surface area contributed by atoms with Crippen molar-refractivity contribution >= 4 is 39.1 Å². The first-order valence-electron chi connectivity index (χ1n) is 6.56. The van der Waals surface area contributed by atoms with Crippen LogP contribution in [0, 0.1) is 0 Å². The van der Waals surface area contributed by atoms with Gasteiger partial charge in [-0.1, -0.05) is 0 Å². The molecule has 0 saturated heterocycles. The maximum Gasteiger partial charge on any atom is 0.286 e. The number of aryl methyl sites for hydroxylation is 1. The fourth-order valence-corrected chi connectivity index (χ4v) is 3.61. The molecular formula is C14H14BrN3O2S. The van der Waals surface area contributed by atoms with E-state index < -0.39 is 0 Å². The monoisotopic (exact) mass is 367 g/mol. The molecule has 0 aromatic carbocycles. The number of nitrogens with one attached hydrogen (secondary N) is 2. The minimum absolute atomic E-state index is 0.256. The van der Waals surface area contributed by atoms with Crippen LogP contribution >= 0.6 is 27.3 Å². The van der Waals surface area contributed by atoms with E-state index in [0.717, 1.165) is 22.9 Å². The van der Waals surface area contributed by atoms with Crippen molar-refractivity contribution in [3.8, 4) is 0 Å². The Morgan fingerprint density at radius 1 is 1.33 bits per heavy atom. The van der Waals surface area contributed by atoms with E-state index in [1.807, 2.05) is 11.4 Å². The maximum absolute atomic E-state index is 12.2. The Hall–Kier alpha value is -1.60. The summed E-state index contributed by atoms with van der Waals surface area (Å²) < 4.78 is 2.50. The van der Waals surface area contributed by atoms with Crippen molar-refractivity contribution < 1.29 is 9.59 Å². The summed E-state index contributed by atoms with van der Waals surface area (Å²) in [5.41, 5.74) is 6.50. The van der Waals surface area contributed by atoms with Crippen LogP contribution in [0.1, 0.15) is 44.5 Å². The largest absolute Gasteiger partial charge is 0.345 e. The number of hydrogen-bond donors (Lipinski definition) is 2. The second-order valence-electron chi connectivity index (χ2n) is 5.04. The zero-order chi connectivity index (χ0) is 15.0. The van der Waals surface area contributed by atoms with E-state index in [1.54, 1.807) is 23.9 Å². The highest BCUT2D eigenvalue weighted by Gasteiger charge is 2.29. The van der Waals surface area contributed by atoms with Crippen molar-refractivity contribution in [2.45, 2.75) is 18.8 Å². The normalized spacial score (nSPS) is 14.0. The summed E-state index contributed by atoms with van der Waals surface area (Å²) in [6.45, 7) is 0. The number of hydrazine groups is 1. The predicted molar refractivity (Wildman–Crippen MR) is 84.3 cm³/mol. The van der Waals surface area contributed by atoms with Crippen molar-refractivity contribution in [2.24, 2.45) is 7.05 Å². The van der Waals surface area contributed by atoms with E-state index in [0.29, 0.717) is 16.5 Å². The second kappa shape index (κ2) is 5.65. The van der Waals surface area contributed by atoms with Gasteiger partial charge in [0.25, 0.3) is 11.8 Å². The molecule has 0 aliphatic heterocycles. The summed E-state index contributed by atoms with van der Waals surface area (Å²) in [4.78, 5) is 24.9. The van der Waals surface area contributed by atoms with Crippen LogP contribution in [-0.2, 0) is 7.05 Å². The Morgan fingerprint density at radius 3 is 2.67 bits per heavy atom. The van der Waals surface area contributed by atoms with Gasteiger partial charge in [0.1, 0.15) is 5.69 Å². The molecule has 3 rings (SSSR count). The third-order valence-electron chi connectivity index (χ3n) is 3.41. The van der Waals surface area contributed by atoms with Crippen LogP contribution in [0.15, 0.2) is 28.2 Å². The summed E-state index contributed by atoms with van der Waals surface area (Å²) in [6, 6.07) is 3.69. The number of halogens is 1. The van der Waals surface area contributed by atoms with Gasteiger partial charge in [-0.15, -0.1) is 11.3 Å². The van der Waals surface area contributed by atoms with Gasteiger partial charge < -0.3 is 4.57 Å². The Balaban J connectivity index is 1.64. The second-order valence-corrected chi connectivity index (χ2v) is 6.87. The Bertz CT molecular complexity index is 703. The van der Waals surface area contributed by atoms with Crippen LogP contribution in [-0.4, -0.2) is 16.4 Å². The lowest BCUT2D eigenvalue weighted by molar-refractivity contribution is 0.0843. The molecule has 0 atom stereocenters. The summed E-state index contributed by atoms with van der Waals surface area (Å²) in [7, 11) is 1.77. The molecule has 0 bridgehead atoms. The molecule has 1 aliphatic carbocycles. The fourth-order valence-electron chi connectivity index (χ4n) is 2.20. The van der Waals surface area contributed by atoms with E-state index in [4.69, 9.17) is 0 Å². The van der Waals surface area contributed by atoms with E-state index in [-0.39, 0.29) is 11.8 Å². The molecule has 2 aromatic rings. The SMILES string of the molecule is Cn1cc(Br)cc1C(=O)NNC(=O)c1sccc1C1CC1. The molecule has 2 aromatic heterocycles. The number of carbonyl (C=O) groups excluding carboxylic acids is 2. The van der Waals surface area contributed by atoms with Crippen molar-refractivity contribution in [1.29, 1.82) is 0 Å². The summed E-state index contributed by atoms with van der Waals surface area (Å²) in [6.07, 6.45) is 4.06. The first kappa shape index (κ1) is 14.3. The Kier molecular flexibility index (Phi) is 3.86. The molecule has 21 heavy (non-hydrogen) atoms. The van der Waals surface area contributed by atoms with Gasteiger partial charge >= 0.3 is 0 Å². The van der Waals surface area contributed by atoms with Crippen LogP contribution in [0.5, 0.6) is 0 Å². The highest BCUT2D eigenvalue weighted by Crippen LogP contribution is 2.43. The lowest BCUT2D eigenvalue weighted by atomic mass is 10.1. The molecule has 1 fully saturated rings. The molecule has 0 unspecified atom stereocenters. The minimum Gasteiger partial charge on any atom is -0.345 e. The molecule has 2 N–H and O–H groups in total. The Labute approximate surface area is 134 Å². The average Bonchev–Trinajstić information content (AvgIpc) is 3.07. The average molecular weight is 368 g/mol. The molecule has 5 nitrogen and oxygen atoms in total. The van der Waals surface area contributed by atoms with Gasteiger partial charge in [-0.3, -0.25) is 20.4 Å². The zero-order valence-electron chi connectivity index (χ0n) is 11.4. The van der Waals surface area contributed by atoms with Crippen LogP contribution < -0.4 is 10.9 Å². The summed E-state index contributed by atoms with van der Waals surface area (Å²) in [5, 5.41) is 1.92. The number of carbonyl (C=O) groups is 2. The lowest BCUT2D eigenvalue weighted by Gasteiger charge is -2.08. The number of amides is 2. The summed E-state index contributed by atoms with van der Waals surface area (Å²) in [5.74, 6) is -0.0915. The van der Waals surface area contributed by atoms with Gasteiger partial charge in [-0.2, -0.15) is 0 Å². The number of aromatic nitrogens is 1. The van der Waals surface area contributed by atoms with Gasteiger partial charge in [0.05, 0.1) is 4.88 Å². The highest BCUT2D eigenvalue weighted by molar-refractivity contribution is 9.10. The maximum atomic E-state index is 12.2. The van der Waals surface area contributed by atoms with E-state index in [1.165, 1.54) is 11.3 Å². The summed E-state index contributed by atoms with van der Waals surface area (Å²) >= 11 is 4.71. The van der Waals surface area contributed by atoms with Crippen molar-refractivity contribution in [1.82, 2.24) is 15.4 Å². The predicted octanol–water partition coefficient (Wildman–Crippen LogP) is 2.80.